The van der Waals surface area contributed by atoms with Crippen molar-refractivity contribution in [3.63, 3.8) is 0 Å². The van der Waals surface area contributed by atoms with Crippen molar-refractivity contribution in [2.75, 3.05) is 0 Å². The average Bonchev–Trinajstić information content (AvgIpc) is 2.10. The van der Waals surface area contributed by atoms with E-state index in [2.05, 4.69) is 15.2 Å². The number of amides is 1. The smallest absolute Gasteiger partial charge is 0.296 e. The Morgan fingerprint density at radius 2 is 1.71 bits per heavy atom. The minimum Gasteiger partial charge on any atom is -0.343 e. The van der Waals surface area contributed by atoms with Gasteiger partial charge in [-0.25, -0.2) is 0 Å². The van der Waals surface area contributed by atoms with Gasteiger partial charge in [-0.1, -0.05) is 32.1 Å². The normalized spacial score (nSPS) is 18.6. The molecule has 1 fully saturated rings. The molecule has 3 heteroatoms. The van der Waals surface area contributed by atoms with Gasteiger partial charge < -0.3 is 5.32 Å². The monoisotopic (exact) mass is 305 g/mol. The molecule has 0 unspecified atom stereocenters. The van der Waals surface area contributed by atoms with Crippen LogP contribution in [0.15, 0.2) is 0 Å². The lowest BCUT2D eigenvalue weighted by Gasteiger charge is -2.19. The molecule has 0 aromatic carbocycles. The van der Waals surface area contributed by atoms with E-state index in [0.29, 0.717) is 6.04 Å². The third kappa shape index (κ3) is 4.85. The molecule has 2 nitrogen and oxygen atoms in total. The summed E-state index contributed by atoms with van der Waals surface area (Å²) in [6.45, 7) is 0. The van der Waals surface area contributed by atoms with Crippen molar-refractivity contribution in [3.05, 3.63) is 0 Å². The van der Waals surface area contributed by atoms with Crippen LogP contribution < -0.4 is 5.32 Å². The minimum absolute atomic E-state index is 0.120. The molecule has 0 aliphatic heterocycles. The van der Waals surface area contributed by atoms with Gasteiger partial charge in [0.05, 0.1) is 0 Å². The van der Waals surface area contributed by atoms with Crippen LogP contribution in [-0.4, -0.2) is 11.9 Å². The van der Waals surface area contributed by atoms with E-state index < -0.39 is 0 Å². The van der Waals surface area contributed by atoms with E-state index in [1.165, 1.54) is 32.1 Å². The molecule has 1 saturated carbocycles. The molecular formula is C11H16INO. The maximum absolute atomic E-state index is 11.2. The van der Waals surface area contributed by atoms with Gasteiger partial charge in [0.15, 0.2) is 0 Å². The number of carbonyl (C=O) groups excluding carboxylic acids is 1. The van der Waals surface area contributed by atoms with Gasteiger partial charge in [0.1, 0.15) is 0 Å². The summed E-state index contributed by atoms with van der Waals surface area (Å²) in [5.74, 6) is 2.40. The van der Waals surface area contributed by atoms with Gasteiger partial charge in [-0.2, -0.15) is 0 Å². The molecule has 78 valence electrons. The van der Waals surface area contributed by atoms with Crippen LogP contribution in [0.25, 0.3) is 0 Å². The first-order chi connectivity index (χ1) is 6.83. The summed E-state index contributed by atoms with van der Waals surface area (Å²) in [4.78, 5) is 11.2. The van der Waals surface area contributed by atoms with Gasteiger partial charge in [-0.15, -0.1) is 0 Å². The fourth-order valence-corrected chi connectivity index (χ4v) is 2.11. The molecule has 0 spiro atoms. The highest BCUT2D eigenvalue weighted by Gasteiger charge is 2.12. The molecular weight excluding hydrogens is 289 g/mol. The fraction of sp³-hybridized carbons (Fsp3) is 0.727. The lowest BCUT2D eigenvalue weighted by molar-refractivity contribution is -0.116. The zero-order chi connectivity index (χ0) is 10.2. The van der Waals surface area contributed by atoms with E-state index in [1.807, 2.05) is 22.6 Å². The first-order valence-electron chi connectivity index (χ1n) is 5.25. The van der Waals surface area contributed by atoms with Crippen molar-refractivity contribution in [1.82, 2.24) is 5.32 Å². The highest BCUT2D eigenvalue weighted by Crippen LogP contribution is 2.16. The predicted molar refractivity (Wildman–Crippen MR) is 66.0 cm³/mol. The Balaban J connectivity index is 2.32. The minimum atomic E-state index is -0.120. The summed E-state index contributed by atoms with van der Waals surface area (Å²) in [5, 5.41) is 2.97. The predicted octanol–water partition coefficient (Wildman–Crippen LogP) is 2.61. The molecule has 1 N–H and O–H groups in total. The molecule has 0 bridgehead atoms. The standard InChI is InChI=1S/C11H16INO/c12-9-8-11(14)13-10-6-4-2-1-3-5-7-10/h10H,1-7H2,(H,13,14). The van der Waals surface area contributed by atoms with Gasteiger partial charge in [0.2, 0.25) is 0 Å². The number of rotatable bonds is 1. The Labute approximate surface area is 99.4 Å². The van der Waals surface area contributed by atoms with Crippen LogP contribution >= 0.6 is 22.6 Å². The zero-order valence-corrected chi connectivity index (χ0v) is 10.5. The summed E-state index contributed by atoms with van der Waals surface area (Å²) in [6, 6.07) is 0.361. The quantitative estimate of drug-likeness (QED) is 0.585. The van der Waals surface area contributed by atoms with E-state index >= 15 is 0 Å². The first kappa shape index (κ1) is 11.8. The van der Waals surface area contributed by atoms with Crippen molar-refractivity contribution in [3.8, 4) is 9.85 Å². The van der Waals surface area contributed by atoms with Gasteiger partial charge in [0, 0.05) is 34.6 Å². The molecule has 0 aromatic heterocycles. The number of carbonyl (C=O) groups is 1. The van der Waals surface area contributed by atoms with Gasteiger partial charge in [-0.3, -0.25) is 4.79 Å². The van der Waals surface area contributed by atoms with Gasteiger partial charge >= 0.3 is 0 Å². The number of hydrogen-bond donors (Lipinski definition) is 1. The molecule has 0 aromatic rings. The second-order valence-corrected chi connectivity index (χ2v) is 4.27. The van der Waals surface area contributed by atoms with E-state index in [4.69, 9.17) is 0 Å². The Bertz CT molecular complexity index is 233. The van der Waals surface area contributed by atoms with Crippen LogP contribution in [0, 0.1) is 9.85 Å². The molecule has 0 radical (unpaired) electrons. The Kier molecular flexibility index (Phi) is 6.00. The first-order valence-corrected chi connectivity index (χ1v) is 6.33. The SMILES string of the molecule is O=C(C#CI)NC1CCCCCCC1. The third-order valence-electron chi connectivity index (χ3n) is 2.60. The molecule has 1 amide bonds. The molecule has 0 atom stereocenters. The van der Waals surface area contributed by atoms with Crippen molar-refractivity contribution < 1.29 is 4.79 Å². The largest absolute Gasteiger partial charge is 0.343 e. The molecule has 1 rings (SSSR count). The van der Waals surface area contributed by atoms with Gasteiger partial charge in [0.25, 0.3) is 5.91 Å². The van der Waals surface area contributed by atoms with E-state index in [9.17, 15) is 4.79 Å². The fourth-order valence-electron chi connectivity index (χ4n) is 1.86. The lowest BCUT2D eigenvalue weighted by Crippen LogP contribution is -2.34. The second kappa shape index (κ2) is 7.10. The van der Waals surface area contributed by atoms with Crippen LogP contribution in [0.1, 0.15) is 44.9 Å². The van der Waals surface area contributed by atoms with Crippen molar-refractivity contribution >= 4 is 28.5 Å². The summed E-state index contributed by atoms with van der Waals surface area (Å²) in [6.07, 6.45) is 8.69. The molecule has 0 saturated heterocycles. The summed E-state index contributed by atoms with van der Waals surface area (Å²) in [5.41, 5.74) is 0. The van der Waals surface area contributed by atoms with Gasteiger partial charge in [-0.05, 0) is 16.8 Å². The number of halogens is 1. The van der Waals surface area contributed by atoms with Crippen molar-refractivity contribution in [1.29, 1.82) is 0 Å². The van der Waals surface area contributed by atoms with Crippen molar-refractivity contribution in [2.45, 2.75) is 51.0 Å². The Morgan fingerprint density at radius 3 is 2.29 bits per heavy atom. The van der Waals surface area contributed by atoms with Crippen LogP contribution in [0.5, 0.6) is 0 Å². The lowest BCUT2D eigenvalue weighted by atomic mass is 9.97. The van der Waals surface area contributed by atoms with Crippen LogP contribution in [0.2, 0.25) is 0 Å². The Hall–Kier alpha value is -0.240. The average molecular weight is 305 g/mol. The van der Waals surface area contributed by atoms with E-state index in [0.717, 1.165) is 12.8 Å². The Morgan fingerprint density at radius 1 is 1.14 bits per heavy atom. The van der Waals surface area contributed by atoms with Crippen LogP contribution in [0.4, 0.5) is 0 Å². The number of nitrogens with one attached hydrogen (secondary N) is 1. The summed E-state index contributed by atoms with van der Waals surface area (Å²) >= 11 is 1.89. The summed E-state index contributed by atoms with van der Waals surface area (Å²) in [7, 11) is 0. The van der Waals surface area contributed by atoms with Crippen LogP contribution in [-0.2, 0) is 4.79 Å². The zero-order valence-electron chi connectivity index (χ0n) is 8.31. The highest BCUT2D eigenvalue weighted by atomic mass is 127. The molecule has 0 heterocycles. The number of hydrogen-bond acceptors (Lipinski definition) is 1. The van der Waals surface area contributed by atoms with E-state index in [-0.39, 0.29) is 5.91 Å². The van der Waals surface area contributed by atoms with Crippen LogP contribution in [0.3, 0.4) is 0 Å². The highest BCUT2D eigenvalue weighted by molar-refractivity contribution is 14.1. The van der Waals surface area contributed by atoms with E-state index in [1.54, 1.807) is 0 Å². The summed E-state index contributed by atoms with van der Waals surface area (Å²) < 4.78 is 2.59. The third-order valence-corrected chi connectivity index (χ3v) is 2.87. The maximum Gasteiger partial charge on any atom is 0.296 e. The van der Waals surface area contributed by atoms with Crippen molar-refractivity contribution in [2.24, 2.45) is 0 Å². The second-order valence-electron chi connectivity index (χ2n) is 3.73. The molecule has 1 aliphatic rings. The molecule has 14 heavy (non-hydrogen) atoms. The molecule has 1 aliphatic carbocycles. The topological polar surface area (TPSA) is 29.1 Å². The maximum atomic E-state index is 11.2.